The normalized spacial score (nSPS) is 17.8. The first-order chi connectivity index (χ1) is 10.1. The Labute approximate surface area is 123 Å². The molecule has 0 radical (unpaired) electrons. The number of carbonyl (C=O) groups is 3. The molecule has 3 rings (SSSR count). The third-order valence-corrected chi connectivity index (χ3v) is 3.87. The van der Waals surface area contributed by atoms with Crippen molar-refractivity contribution in [1.29, 1.82) is 0 Å². The van der Waals surface area contributed by atoms with Crippen molar-refractivity contribution in [2.45, 2.75) is 18.9 Å². The van der Waals surface area contributed by atoms with Gasteiger partial charge in [-0.3, -0.25) is 19.3 Å². The third kappa shape index (κ3) is 3.02. The monoisotopic (exact) mass is 307 g/mol. The number of imide groups is 1. The maximum absolute atomic E-state index is 11.7. The Kier molecular flexibility index (Phi) is 3.57. The van der Waals surface area contributed by atoms with Crippen LogP contribution in [0.25, 0.3) is 4.96 Å². The first-order valence-corrected chi connectivity index (χ1v) is 7.29. The van der Waals surface area contributed by atoms with E-state index in [2.05, 4.69) is 20.9 Å². The Morgan fingerprint density at radius 2 is 2.33 bits per heavy atom. The number of aromatic nitrogens is 2. The number of fused-ring (bicyclic) bond motifs is 1. The summed E-state index contributed by atoms with van der Waals surface area (Å²) in [6.45, 7) is 0.436. The molecule has 3 N–H and O–H groups in total. The number of nitrogens with one attached hydrogen (secondary N) is 3. The molecule has 1 aliphatic rings. The van der Waals surface area contributed by atoms with Crippen LogP contribution in [0.3, 0.4) is 0 Å². The van der Waals surface area contributed by atoms with Gasteiger partial charge >= 0.3 is 6.03 Å². The van der Waals surface area contributed by atoms with Gasteiger partial charge in [0.25, 0.3) is 5.91 Å². The van der Waals surface area contributed by atoms with Crippen LogP contribution in [0, 0.1) is 0 Å². The molecular formula is C12H13N5O3S. The highest BCUT2D eigenvalue weighted by molar-refractivity contribution is 7.15. The number of thiazole rings is 1. The summed E-state index contributed by atoms with van der Waals surface area (Å²) in [4.78, 5) is 39.2. The molecule has 21 heavy (non-hydrogen) atoms. The predicted molar refractivity (Wildman–Crippen MR) is 74.9 cm³/mol. The largest absolute Gasteiger partial charge is 0.356 e. The van der Waals surface area contributed by atoms with Gasteiger partial charge in [0.15, 0.2) is 4.96 Å². The Morgan fingerprint density at radius 1 is 1.48 bits per heavy atom. The lowest BCUT2D eigenvalue weighted by Gasteiger charge is -2.07. The van der Waals surface area contributed by atoms with Gasteiger partial charge in [-0.1, -0.05) is 0 Å². The summed E-state index contributed by atoms with van der Waals surface area (Å²) in [7, 11) is 0. The van der Waals surface area contributed by atoms with Crippen LogP contribution in [-0.2, 0) is 16.0 Å². The number of rotatable bonds is 5. The molecule has 8 nitrogen and oxygen atoms in total. The third-order valence-electron chi connectivity index (χ3n) is 3.09. The van der Waals surface area contributed by atoms with Gasteiger partial charge in [0.1, 0.15) is 6.04 Å². The zero-order valence-corrected chi connectivity index (χ0v) is 11.8. The quantitative estimate of drug-likeness (QED) is 0.657. The van der Waals surface area contributed by atoms with E-state index in [1.54, 1.807) is 11.3 Å². The molecule has 9 heteroatoms. The van der Waals surface area contributed by atoms with Crippen LogP contribution in [0.15, 0.2) is 17.8 Å². The van der Waals surface area contributed by atoms with E-state index in [1.807, 2.05) is 22.2 Å². The Bertz CT molecular complexity index is 678. The molecule has 4 amide bonds. The molecule has 1 saturated heterocycles. The molecular weight excluding hydrogens is 294 g/mol. The highest BCUT2D eigenvalue weighted by atomic mass is 32.1. The van der Waals surface area contributed by atoms with Crippen LogP contribution in [0.2, 0.25) is 0 Å². The highest BCUT2D eigenvalue weighted by Crippen LogP contribution is 2.11. The fourth-order valence-corrected chi connectivity index (χ4v) is 2.81. The molecule has 0 bridgehead atoms. The summed E-state index contributed by atoms with van der Waals surface area (Å²) < 4.78 is 1.93. The summed E-state index contributed by atoms with van der Waals surface area (Å²) in [5.41, 5.74) is 0.897. The number of hydrogen-bond donors (Lipinski definition) is 3. The average Bonchev–Trinajstić information content (AvgIpc) is 3.05. The van der Waals surface area contributed by atoms with E-state index < -0.39 is 18.0 Å². The molecule has 0 saturated carbocycles. The summed E-state index contributed by atoms with van der Waals surface area (Å²) in [6.07, 6.45) is 4.40. The van der Waals surface area contributed by atoms with Crippen LogP contribution in [0.1, 0.15) is 12.1 Å². The minimum atomic E-state index is -0.782. The van der Waals surface area contributed by atoms with Crippen molar-refractivity contribution in [3.05, 3.63) is 23.5 Å². The molecule has 0 aliphatic carbocycles. The van der Waals surface area contributed by atoms with Crippen LogP contribution in [0.4, 0.5) is 4.79 Å². The van der Waals surface area contributed by atoms with E-state index in [-0.39, 0.29) is 12.3 Å². The smallest absolute Gasteiger partial charge is 0.322 e. The molecule has 2 aromatic rings. The van der Waals surface area contributed by atoms with Gasteiger partial charge < -0.3 is 10.6 Å². The van der Waals surface area contributed by atoms with E-state index in [0.717, 1.165) is 10.7 Å². The van der Waals surface area contributed by atoms with Crippen LogP contribution >= 0.6 is 11.3 Å². The van der Waals surface area contributed by atoms with Crippen molar-refractivity contribution in [2.75, 3.05) is 6.54 Å². The SMILES string of the molecule is O=C(C[C@@H]1NC(=O)NC1=O)NCCc1cn2ccsc2n1. The van der Waals surface area contributed by atoms with E-state index in [1.165, 1.54) is 0 Å². The van der Waals surface area contributed by atoms with Crippen molar-refractivity contribution < 1.29 is 14.4 Å². The average molecular weight is 307 g/mol. The molecule has 1 atom stereocenters. The molecule has 0 spiro atoms. The van der Waals surface area contributed by atoms with Crippen molar-refractivity contribution in [3.8, 4) is 0 Å². The highest BCUT2D eigenvalue weighted by Gasteiger charge is 2.31. The zero-order valence-electron chi connectivity index (χ0n) is 11.0. The summed E-state index contributed by atoms with van der Waals surface area (Å²) >= 11 is 1.55. The van der Waals surface area contributed by atoms with E-state index >= 15 is 0 Å². The minimum absolute atomic E-state index is 0.0597. The number of carbonyl (C=O) groups excluding carboxylic acids is 3. The van der Waals surface area contributed by atoms with Gasteiger partial charge in [-0.2, -0.15) is 0 Å². The maximum atomic E-state index is 11.7. The van der Waals surface area contributed by atoms with E-state index in [4.69, 9.17) is 0 Å². The Hall–Kier alpha value is -2.42. The maximum Gasteiger partial charge on any atom is 0.322 e. The van der Waals surface area contributed by atoms with Crippen molar-refractivity contribution in [2.24, 2.45) is 0 Å². The van der Waals surface area contributed by atoms with Gasteiger partial charge in [0, 0.05) is 30.7 Å². The van der Waals surface area contributed by atoms with Gasteiger partial charge in [-0.05, 0) is 0 Å². The number of nitrogens with zero attached hydrogens (tertiary/aromatic N) is 2. The summed E-state index contributed by atoms with van der Waals surface area (Å²) in [5, 5.41) is 9.13. The Balaban J connectivity index is 1.44. The minimum Gasteiger partial charge on any atom is -0.356 e. The topological polar surface area (TPSA) is 105 Å². The van der Waals surface area contributed by atoms with Crippen molar-refractivity contribution in [3.63, 3.8) is 0 Å². The summed E-state index contributed by atoms with van der Waals surface area (Å²) in [5.74, 6) is -0.747. The first kappa shape index (κ1) is 13.6. The van der Waals surface area contributed by atoms with Crippen LogP contribution in [-0.4, -0.2) is 39.8 Å². The standard InChI is InChI=1S/C12H13N5O3S/c18-9(5-8-10(19)16-11(20)15-8)13-2-1-7-6-17-3-4-21-12(17)14-7/h3-4,6,8H,1-2,5H2,(H,13,18)(H2,15,16,19,20)/t8-/m0/s1. The van der Waals surface area contributed by atoms with Crippen molar-refractivity contribution >= 4 is 34.1 Å². The van der Waals surface area contributed by atoms with E-state index in [0.29, 0.717) is 13.0 Å². The number of imidazole rings is 1. The molecule has 110 valence electrons. The number of amides is 4. The molecule has 0 aromatic carbocycles. The molecule has 3 heterocycles. The second kappa shape index (κ2) is 5.52. The van der Waals surface area contributed by atoms with E-state index in [9.17, 15) is 14.4 Å². The predicted octanol–water partition coefficient (Wildman–Crippen LogP) is -0.347. The fourth-order valence-electron chi connectivity index (χ4n) is 2.09. The number of hydrogen-bond acceptors (Lipinski definition) is 5. The molecule has 0 unspecified atom stereocenters. The lowest BCUT2D eigenvalue weighted by atomic mass is 10.2. The first-order valence-electron chi connectivity index (χ1n) is 6.41. The fraction of sp³-hybridized carbons (Fsp3) is 0.333. The summed E-state index contributed by atoms with van der Waals surface area (Å²) in [6, 6.07) is -1.34. The molecule has 1 fully saturated rings. The van der Waals surface area contributed by atoms with Gasteiger partial charge in [0.05, 0.1) is 12.1 Å². The van der Waals surface area contributed by atoms with Gasteiger partial charge in [-0.15, -0.1) is 11.3 Å². The zero-order chi connectivity index (χ0) is 14.8. The lowest BCUT2D eigenvalue weighted by molar-refractivity contribution is -0.126. The van der Waals surface area contributed by atoms with Crippen LogP contribution in [0.5, 0.6) is 0 Å². The molecule has 1 aliphatic heterocycles. The molecule has 2 aromatic heterocycles. The van der Waals surface area contributed by atoms with Gasteiger partial charge in [0.2, 0.25) is 5.91 Å². The second-order valence-corrected chi connectivity index (χ2v) is 5.52. The van der Waals surface area contributed by atoms with Gasteiger partial charge in [-0.25, -0.2) is 9.78 Å². The number of urea groups is 1. The lowest BCUT2D eigenvalue weighted by Crippen LogP contribution is -2.36. The Morgan fingerprint density at radius 3 is 3.05 bits per heavy atom. The van der Waals surface area contributed by atoms with Crippen molar-refractivity contribution in [1.82, 2.24) is 25.3 Å². The van der Waals surface area contributed by atoms with Crippen LogP contribution < -0.4 is 16.0 Å². The second-order valence-electron chi connectivity index (χ2n) is 4.64.